The van der Waals surface area contributed by atoms with E-state index in [2.05, 4.69) is 20.3 Å². The van der Waals surface area contributed by atoms with Gasteiger partial charge in [0.2, 0.25) is 0 Å². The fraction of sp³-hybridized carbons (Fsp3) is 0.273. The molecule has 0 spiro atoms. The summed E-state index contributed by atoms with van der Waals surface area (Å²) in [5.41, 5.74) is 1.10. The number of carbonyl (C=O) groups excluding carboxylic acids is 1. The van der Waals surface area contributed by atoms with Gasteiger partial charge in [-0.25, -0.2) is 4.98 Å². The molecule has 2 aromatic heterocycles. The number of thiazole rings is 1. The lowest BCUT2D eigenvalue weighted by atomic mass is 10.3. The minimum Gasteiger partial charge on any atom is -0.349 e. The number of aromatic nitrogens is 3. The molecule has 2 rings (SSSR count). The number of amides is 1. The average molecular weight is 248 g/mol. The molecule has 5 nitrogen and oxygen atoms in total. The van der Waals surface area contributed by atoms with Crippen LogP contribution < -0.4 is 5.32 Å². The Bertz CT molecular complexity index is 509. The van der Waals surface area contributed by atoms with Crippen LogP contribution in [-0.4, -0.2) is 26.9 Å². The molecule has 0 bridgehead atoms. The van der Waals surface area contributed by atoms with Crippen molar-refractivity contribution in [2.24, 2.45) is 0 Å². The van der Waals surface area contributed by atoms with Crippen molar-refractivity contribution in [1.29, 1.82) is 0 Å². The first-order chi connectivity index (χ1) is 8.16. The Labute approximate surface area is 103 Å². The number of hydrogen-bond acceptors (Lipinski definition) is 5. The largest absolute Gasteiger partial charge is 0.349 e. The Morgan fingerprint density at radius 1 is 1.41 bits per heavy atom. The summed E-state index contributed by atoms with van der Waals surface area (Å²) in [6, 6.07) is 0.101. The first-order valence-electron chi connectivity index (χ1n) is 5.19. The highest BCUT2D eigenvalue weighted by Crippen LogP contribution is 2.20. The van der Waals surface area contributed by atoms with Gasteiger partial charge in [-0.2, -0.15) is 0 Å². The normalized spacial score (nSPS) is 10.5. The third kappa shape index (κ3) is 2.85. The monoisotopic (exact) mass is 248 g/mol. The van der Waals surface area contributed by atoms with Crippen molar-refractivity contribution >= 4 is 17.2 Å². The highest BCUT2D eigenvalue weighted by atomic mass is 32.1. The van der Waals surface area contributed by atoms with Gasteiger partial charge in [0.15, 0.2) is 0 Å². The van der Waals surface area contributed by atoms with Crippen molar-refractivity contribution in [3.63, 3.8) is 0 Å². The Morgan fingerprint density at radius 3 is 2.88 bits per heavy atom. The Balaban J connectivity index is 2.19. The number of hydrogen-bond donors (Lipinski definition) is 1. The molecule has 0 saturated carbocycles. The van der Waals surface area contributed by atoms with Crippen LogP contribution in [0.15, 0.2) is 24.0 Å². The first-order valence-corrected chi connectivity index (χ1v) is 6.07. The summed E-state index contributed by atoms with van der Waals surface area (Å²) in [5, 5.41) is 5.22. The summed E-state index contributed by atoms with van der Waals surface area (Å²) in [4.78, 5) is 24.0. The van der Waals surface area contributed by atoms with Gasteiger partial charge in [-0.1, -0.05) is 0 Å². The Hall–Kier alpha value is -1.82. The molecule has 0 aliphatic heterocycles. The molecule has 2 heterocycles. The number of rotatable bonds is 3. The number of nitrogens with one attached hydrogen (secondary N) is 1. The van der Waals surface area contributed by atoms with Gasteiger partial charge < -0.3 is 5.32 Å². The van der Waals surface area contributed by atoms with Crippen LogP contribution in [0.5, 0.6) is 0 Å². The van der Waals surface area contributed by atoms with E-state index in [1.807, 2.05) is 13.8 Å². The van der Waals surface area contributed by atoms with Gasteiger partial charge >= 0.3 is 0 Å². The molecule has 0 aliphatic carbocycles. The van der Waals surface area contributed by atoms with Crippen molar-refractivity contribution in [2.75, 3.05) is 0 Å². The maximum Gasteiger partial charge on any atom is 0.270 e. The van der Waals surface area contributed by atoms with Crippen LogP contribution in [0.3, 0.4) is 0 Å². The van der Waals surface area contributed by atoms with E-state index in [1.165, 1.54) is 11.3 Å². The maximum absolute atomic E-state index is 11.7. The van der Waals surface area contributed by atoms with E-state index in [1.54, 1.807) is 24.0 Å². The topological polar surface area (TPSA) is 67.8 Å². The lowest BCUT2D eigenvalue weighted by molar-refractivity contribution is 0.0939. The average Bonchev–Trinajstić information content (AvgIpc) is 2.78. The van der Waals surface area contributed by atoms with E-state index in [0.29, 0.717) is 16.4 Å². The molecular weight excluding hydrogens is 236 g/mol. The summed E-state index contributed by atoms with van der Waals surface area (Å²) in [5.74, 6) is -0.161. The van der Waals surface area contributed by atoms with Crippen molar-refractivity contribution in [1.82, 2.24) is 20.3 Å². The first kappa shape index (κ1) is 11.7. The molecule has 0 aliphatic rings. The molecule has 0 unspecified atom stereocenters. The van der Waals surface area contributed by atoms with E-state index in [-0.39, 0.29) is 11.9 Å². The second-order valence-electron chi connectivity index (χ2n) is 3.76. The van der Waals surface area contributed by atoms with E-state index < -0.39 is 0 Å². The summed E-state index contributed by atoms with van der Waals surface area (Å²) in [6.07, 6.45) is 4.83. The van der Waals surface area contributed by atoms with Crippen molar-refractivity contribution in [3.8, 4) is 10.7 Å². The molecule has 0 fully saturated rings. The zero-order valence-electron chi connectivity index (χ0n) is 9.54. The minimum atomic E-state index is -0.161. The molecule has 0 radical (unpaired) electrons. The smallest absolute Gasteiger partial charge is 0.270 e. The van der Waals surface area contributed by atoms with Crippen molar-refractivity contribution < 1.29 is 4.79 Å². The molecule has 1 amide bonds. The summed E-state index contributed by atoms with van der Waals surface area (Å²) in [6.45, 7) is 3.82. The van der Waals surface area contributed by atoms with Crippen LogP contribution in [0, 0.1) is 0 Å². The summed E-state index contributed by atoms with van der Waals surface area (Å²) in [7, 11) is 0. The summed E-state index contributed by atoms with van der Waals surface area (Å²) < 4.78 is 0. The lowest BCUT2D eigenvalue weighted by Gasteiger charge is -2.05. The molecule has 6 heteroatoms. The molecule has 88 valence electrons. The van der Waals surface area contributed by atoms with E-state index >= 15 is 0 Å². The zero-order valence-corrected chi connectivity index (χ0v) is 10.4. The van der Waals surface area contributed by atoms with Crippen LogP contribution >= 0.6 is 11.3 Å². The number of nitrogens with zero attached hydrogens (tertiary/aromatic N) is 3. The molecule has 0 atom stereocenters. The highest BCUT2D eigenvalue weighted by molar-refractivity contribution is 7.13. The molecule has 17 heavy (non-hydrogen) atoms. The van der Waals surface area contributed by atoms with Gasteiger partial charge in [-0.3, -0.25) is 14.8 Å². The standard InChI is InChI=1S/C11H12N4OS/c1-7(2)14-10(16)9-6-17-11(15-9)8-5-12-3-4-13-8/h3-7H,1-2H3,(H,14,16). The molecule has 1 N–H and O–H groups in total. The third-order valence-electron chi connectivity index (χ3n) is 1.94. The summed E-state index contributed by atoms with van der Waals surface area (Å²) >= 11 is 1.38. The molecule has 0 aromatic carbocycles. The number of carbonyl (C=O) groups is 1. The SMILES string of the molecule is CC(C)NC(=O)c1csc(-c2cnccn2)n1. The maximum atomic E-state index is 11.7. The molecular formula is C11H12N4OS. The van der Waals surface area contributed by atoms with Crippen molar-refractivity contribution in [2.45, 2.75) is 19.9 Å². The second kappa shape index (κ2) is 5.01. The lowest BCUT2D eigenvalue weighted by Crippen LogP contribution is -2.30. The van der Waals surface area contributed by atoms with Crippen LogP contribution in [-0.2, 0) is 0 Å². The van der Waals surface area contributed by atoms with Crippen LogP contribution in [0.1, 0.15) is 24.3 Å². The van der Waals surface area contributed by atoms with E-state index in [9.17, 15) is 4.79 Å². The predicted molar refractivity (Wildman–Crippen MR) is 65.7 cm³/mol. The molecule has 2 aromatic rings. The second-order valence-corrected chi connectivity index (χ2v) is 4.61. The van der Waals surface area contributed by atoms with Gasteiger partial charge in [0.05, 0.1) is 6.20 Å². The highest BCUT2D eigenvalue weighted by Gasteiger charge is 2.12. The van der Waals surface area contributed by atoms with Gasteiger partial charge in [0.25, 0.3) is 5.91 Å². The Morgan fingerprint density at radius 2 is 2.24 bits per heavy atom. The van der Waals surface area contributed by atoms with E-state index in [0.717, 1.165) is 0 Å². The minimum absolute atomic E-state index is 0.101. The quantitative estimate of drug-likeness (QED) is 0.898. The zero-order chi connectivity index (χ0) is 12.3. The van der Waals surface area contributed by atoms with Gasteiger partial charge in [0, 0.05) is 23.8 Å². The third-order valence-corrected chi connectivity index (χ3v) is 2.80. The van der Waals surface area contributed by atoms with Gasteiger partial charge in [-0.15, -0.1) is 11.3 Å². The molecule has 0 saturated heterocycles. The van der Waals surface area contributed by atoms with Gasteiger partial charge in [0.1, 0.15) is 16.4 Å². The van der Waals surface area contributed by atoms with Crippen LogP contribution in [0.2, 0.25) is 0 Å². The fourth-order valence-corrected chi connectivity index (χ4v) is 2.00. The van der Waals surface area contributed by atoms with E-state index in [4.69, 9.17) is 0 Å². The predicted octanol–water partition coefficient (Wildman–Crippen LogP) is 1.74. The van der Waals surface area contributed by atoms with Crippen LogP contribution in [0.4, 0.5) is 0 Å². The van der Waals surface area contributed by atoms with Gasteiger partial charge in [-0.05, 0) is 13.8 Å². The Kier molecular flexibility index (Phi) is 3.43. The van der Waals surface area contributed by atoms with Crippen LogP contribution in [0.25, 0.3) is 10.7 Å². The van der Waals surface area contributed by atoms with Crippen molar-refractivity contribution in [3.05, 3.63) is 29.7 Å². The fourth-order valence-electron chi connectivity index (χ4n) is 1.24.